The first-order chi connectivity index (χ1) is 13.7. The lowest BCUT2D eigenvalue weighted by molar-refractivity contribution is -0.384. The predicted molar refractivity (Wildman–Crippen MR) is 115 cm³/mol. The molecule has 0 aliphatic rings. The standard InChI is InChI=1S/C16H18ClN5O5S2/c1-27-8-7-18-16(28)20-19-14-6-5-13(10-15(14)22(23)24)29(25,26)21-12-4-2-3-11(17)9-12/h2-6,9-10,19,21H,7-8H2,1H3,(H2,18,20,28). The monoisotopic (exact) mass is 459 g/mol. The Morgan fingerprint density at radius 3 is 2.69 bits per heavy atom. The molecule has 0 aromatic heterocycles. The molecule has 0 bridgehead atoms. The molecule has 13 heteroatoms. The highest BCUT2D eigenvalue weighted by molar-refractivity contribution is 7.92. The summed E-state index contributed by atoms with van der Waals surface area (Å²) in [5.74, 6) is 0. The molecule has 2 aromatic carbocycles. The van der Waals surface area contributed by atoms with Crippen molar-refractivity contribution in [3.05, 3.63) is 57.6 Å². The fraction of sp³-hybridized carbons (Fsp3) is 0.188. The molecule has 0 aliphatic carbocycles. The smallest absolute Gasteiger partial charge is 0.295 e. The van der Waals surface area contributed by atoms with E-state index in [0.717, 1.165) is 6.07 Å². The van der Waals surface area contributed by atoms with Crippen molar-refractivity contribution in [2.75, 3.05) is 30.4 Å². The number of benzene rings is 2. The number of hydrogen-bond acceptors (Lipinski definition) is 7. The average Bonchev–Trinajstić information content (AvgIpc) is 2.66. The quantitative estimate of drug-likeness (QED) is 0.193. The van der Waals surface area contributed by atoms with E-state index >= 15 is 0 Å². The van der Waals surface area contributed by atoms with Gasteiger partial charge in [-0.15, -0.1) is 0 Å². The third-order valence-corrected chi connectivity index (χ3v) is 5.32. The summed E-state index contributed by atoms with van der Waals surface area (Å²) in [5, 5.41) is 14.8. The number of thiocarbonyl (C=S) groups is 1. The zero-order valence-corrected chi connectivity index (χ0v) is 17.5. The molecule has 2 aromatic rings. The molecular weight excluding hydrogens is 442 g/mol. The van der Waals surface area contributed by atoms with Crippen molar-refractivity contribution in [2.45, 2.75) is 4.90 Å². The van der Waals surface area contributed by atoms with Crippen LogP contribution < -0.4 is 20.9 Å². The Morgan fingerprint density at radius 1 is 1.28 bits per heavy atom. The van der Waals surface area contributed by atoms with E-state index in [4.69, 9.17) is 28.6 Å². The van der Waals surface area contributed by atoms with Crippen LogP contribution in [0.15, 0.2) is 47.4 Å². The molecule has 4 N–H and O–H groups in total. The van der Waals surface area contributed by atoms with Crippen molar-refractivity contribution in [1.82, 2.24) is 10.7 Å². The summed E-state index contributed by atoms with van der Waals surface area (Å²) in [4.78, 5) is 10.4. The minimum Gasteiger partial charge on any atom is -0.383 e. The van der Waals surface area contributed by atoms with Gasteiger partial charge >= 0.3 is 0 Å². The fourth-order valence-electron chi connectivity index (χ4n) is 2.14. The second kappa shape index (κ2) is 10.2. The van der Waals surface area contributed by atoms with Crippen LogP contribution in [0.1, 0.15) is 0 Å². The summed E-state index contributed by atoms with van der Waals surface area (Å²) in [7, 11) is -2.52. The SMILES string of the molecule is COCCNC(=S)NNc1ccc(S(=O)(=O)Nc2cccc(Cl)c2)cc1[N+](=O)[O-]. The highest BCUT2D eigenvalue weighted by atomic mass is 35.5. The number of rotatable bonds is 9. The van der Waals surface area contributed by atoms with Crippen LogP contribution in [0.4, 0.5) is 17.1 Å². The van der Waals surface area contributed by atoms with Crippen LogP contribution >= 0.6 is 23.8 Å². The predicted octanol–water partition coefficient (Wildman–Crippen LogP) is 2.49. The normalized spacial score (nSPS) is 10.8. The lowest BCUT2D eigenvalue weighted by Crippen LogP contribution is -2.40. The van der Waals surface area contributed by atoms with Crippen LogP contribution in [-0.4, -0.2) is 38.7 Å². The van der Waals surface area contributed by atoms with Gasteiger partial charge in [-0.05, 0) is 42.5 Å². The van der Waals surface area contributed by atoms with E-state index in [0.29, 0.717) is 18.2 Å². The van der Waals surface area contributed by atoms with Crippen LogP contribution in [0.5, 0.6) is 0 Å². The minimum atomic E-state index is -4.06. The van der Waals surface area contributed by atoms with Gasteiger partial charge in [-0.2, -0.15) is 0 Å². The molecule has 0 spiro atoms. The van der Waals surface area contributed by atoms with Gasteiger partial charge < -0.3 is 10.1 Å². The van der Waals surface area contributed by atoms with Crippen molar-refractivity contribution < 1.29 is 18.1 Å². The summed E-state index contributed by atoms with van der Waals surface area (Å²) in [6, 6.07) is 9.52. The molecular formula is C16H18ClN5O5S2. The number of nitro benzene ring substituents is 1. The first-order valence-corrected chi connectivity index (χ1v) is 10.4. The topological polar surface area (TPSA) is 135 Å². The third kappa shape index (κ3) is 6.71. The van der Waals surface area contributed by atoms with Crippen LogP contribution in [0.2, 0.25) is 5.02 Å². The molecule has 0 radical (unpaired) electrons. The molecule has 0 heterocycles. The average molecular weight is 460 g/mol. The van der Waals surface area contributed by atoms with Crippen LogP contribution in [0.3, 0.4) is 0 Å². The summed E-state index contributed by atoms with van der Waals surface area (Å²) in [6.07, 6.45) is 0. The number of nitrogens with one attached hydrogen (secondary N) is 4. The summed E-state index contributed by atoms with van der Waals surface area (Å²) < 4.78 is 32.3. The molecule has 0 aliphatic heterocycles. The number of ether oxygens (including phenoxy) is 1. The van der Waals surface area contributed by atoms with Gasteiger partial charge in [-0.1, -0.05) is 17.7 Å². The summed E-state index contributed by atoms with van der Waals surface area (Å²) >= 11 is 10.9. The number of nitrogens with zero attached hydrogens (tertiary/aromatic N) is 1. The van der Waals surface area contributed by atoms with Crippen molar-refractivity contribution in [2.24, 2.45) is 0 Å². The van der Waals surface area contributed by atoms with E-state index in [1.165, 1.54) is 31.4 Å². The van der Waals surface area contributed by atoms with Gasteiger partial charge in [-0.3, -0.25) is 25.7 Å². The lowest BCUT2D eigenvalue weighted by Gasteiger charge is -2.13. The second-order valence-electron chi connectivity index (χ2n) is 5.55. The number of hydrogen-bond donors (Lipinski definition) is 4. The molecule has 156 valence electrons. The molecule has 0 unspecified atom stereocenters. The van der Waals surface area contributed by atoms with E-state index in [2.05, 4.69) is 20.9 Å². The summed E-state index contributed by atoms with van der Waals surface area (Å²) in [5.41, 5.74) is 4.99. The van der Waals surface area contributed by atoms with Crippen LogP contribution in [-0.2, 0) is 14.8 Å². The number of nitro groups is 1. The van der Waals surface area contributed by atoms with E-state index in [-0.39, 0.29) is 21.4 Å². The Balaban J connectivity index is 2.18. The Labute approximate surface area is 177 Å². The van der Waals surface area contributed by atoms with E-state index in [1.54, 1.807) is 12.1 Å². The zero-order chi connectivity index (χ0) is 21.4. The highest BCUT2D eigenvalue weighted by Crippen LogP contribution is 2.28. The molecule has 0 atom stereocenters. The fourth-order valence-corrected chi connectivity index (χ4v) is 3.55. The molecule has 0 saturated carbocycles. The van der Waals surface area contributed by atoms with Gasteiger partial charge in [0.2, 0.25) is 0 Å². The van der Waals surface area contributed by atoms with Gasteiger partial charge in [0, 0.05) is 24.7 Å². The maximum Gasteiger partial charge on any atom is 0.295 e. The first-order valence-electron chi connectivity index (χ1n) is 8.08. The molecule has 10 nitrogen and oxygen atoms in total. The van der Waals surface area contributed by atoms with E-state index in [9.17, 15) is 18.5 Å². The minimum absolute atomic E-state index is 0.0348. The molecule has 29 heavy (non-hydrogen) atoms. The maximum absolute atomic E-state index is 12.6. The van der Waals surface area contributed by atoms with Gasteiger partial charge in [0.1, 0.15) is 5.69 Å². The maximum atomic E-state index is 12.6. The zero-order valence-electron chi connectivity index (χ0n) is 15.1. The number of sulfonamides is 1. The van der Waals surface area contributed by atoms with Crippen molar-refractivity contribution in [3.8, 4) is 0 Å². The highest BCUT2D eigenvalue weighted by Gasteiger charge is 2.22. The van der Waals surface area contributed by atoms with Gasteiger partial charge in [0.25, 0.3) is 15.7 Å². The first kappa shape index (κ1) is 22.6. The van der Waals surface area contributed by atoms with E-state index in [1.807, 2.05) is 0 Å². The summed E-state index contributed by atoms with van der Waals surface area (Å²) in [6.45, 7) is 0.868. The third-order valence-electron chi connectivity index (χ3n) is 3.46. The Morgan fingerprint density at radius 2 is 2.03 bits per heavy atom. The Bertz CT molecular complexity index is 1000. The Kier molecular flexibility index (Phi) is 7.96. The molecule has 2 rings (SSSR count). The number of methoxy groups -OCH3 is 1. The molecule has 0 amide bonds. The molecule has 0 saturated heterocycles. The van der Waals surface area contributed by atoms with Gasteiger partial charge in [0.15, 0.2) is 5.11 Å². The van der Waals surface area contributed by atoms with Crippen LogP contribution in [0, 0.1) is 10.1 Å². The largest absolute Gasteiger partial charge is 0.383 e. The number of anilines is 2. The van der Waals surface area contributed by atoms with Gasteiger partial charge in [0.05, 0.1) is 22.1 Å². The van der Waals surface area contributed by atoms with E-state index < -0.39 is 20.6 Å². The molecule has 0 fully saturated rings. The van der Waals surface area contributed by atoms with Crippen molar-refractivity contribution in [1.29, 1.82) is 0 Å². The van der Waals surface area contributed by atoms with Crippen molar-refractivity contribution >= 4 is 56.0 Å². The van der Waals surface area contributed by atoms with Crippen LogP contribution in [0.25, 0.3) is 0 Å². The number of hydrazine groups is 1. The van der Waals surface area contributed by atoms with Gasteiger partial charge in [-0.25, -0.2) is 8.42 Å². The Hall–Kier alpha value is -2.67. The van der Waals surface area contributed by atoms with Crippen molar-refractivity contribution in [3.63, 3.8) is 0 Å². The lowest BCUT2D eigenvalue weighted by atomic mass is 10.3. The second-order valence-corrected chi connectivity index (χ2v) is 8.08. The number of halogens is 1.